The van der Waals surface area contributed by atoms with Gasteiger partial charge in [0.05, 0.1) is 5.70 Å². The van der Waals surface area contributed by atoms with Gasteiger partial charge in [0.2, 0.25) is 0 Å². The van der Waals surface area contributed by atoms with E-state index >= 15 is 0 Å². The number of likely N-dealkylation sites (N-methyl/N-ethyl adjacent to an activating group) is 2. The number of hydrogen-bond acceptors (Lipinski definition) is 2. The largest absolute Gasteiger partial charge is 0.323 e. The van der Waals surface area contributed by atoms with Crippen molar-refractivity contribution >= 4 is 6.03 Å². The van der Waals surface area contributed by atoms with Crippen molar-refractivity contribution in [2.24, 2.45) is 0 Å². The molecule has 0 aromatic heterocycles. The van der Waals surface area contributed by atoms with Gasteiger partial charge in [-0.2, -0.15) is 0 Å². The molecule has 3 aliphatic carbocycles. The van der Waals surface area contributed by atoms with Crippen molar-refractivity contribution in [2.75, 3.05) is 27.2 Å². The van der Waals surface area contributed by atoms with Crippen LogP contribution < -0.4 is 10.6 Å². The lowest BCUT2D eigenvalue weighted by Crippen LogP contribution is -2.43. The molecule has 1 fully saturated rings. The van der Waals surface area contributed by atoms with Crippen LogP contribution in [0.5, 0.6) is 0 Å². The van der Waals surface area contributed by atoms with Crippen LogP contribution in [0.15, 0.2) is 69.8 Å². The summed E-state index contributed by atoms with van der Waals surface area (Å²) in [6, 6.07) is -0.0849. The number of amides is 2. The zero-order chi connectivity index (χ0) is 20.9. The van der Waals surface area contributed by atoms with Crippen LogP contribution in [0, 0.1) is 6.42 Å². The molecule has 1 heterocycles. The highest BCUT2D eigenvalue weighted by Gasteiger charge is 2.21. The first-order valence-corrected chi connectivity index (χ1v) is 10.2. The topological polar surface area (TPSA) is 44.4 Å². The first-order valence-electron chi connectivity index (χ1n) is 10.2. The summed E-state index contributed by atoms with van der Waals surface area (Å²) in [6.07, 6.45) is 15.1. The molecule has 4 nitrogen and oxygen atoms in total. The highest BCUT2D eigenvalue weighted by Crippen LogP contribution is 2.34. The van der Waals surface area contributed by atoms with Gasteiger partial charge in [-0.1, -0.05) is 51.7 Å². The predicted molar refractivity (Wildman–Crippen MR) is 123 cm³/mol. The summed E-state index contributed by atoms with van der Waals surface area (Å²) in [5.41, 5.74) is 12.0. The first kappa shape index (κ1) is 23.5. The van der Waals surface area contributed by atoms with E-state index in [2.05, 4.69) is 46.7 Å². The van der Waals surface area contributed by atoms with Crippen molar-refractivity contribution in [1.82, 2.24) is 15.5 Å². The molecule has 0 spiro atoms. The lowest BCUT2D eigenvalue weighted by Gasteiger charge is -2.26. The maximum absolute atomic E-state index is 11.1. The van der Waals surface area contributed by atoms with Crippen molar-refractivity contribution < 1.29 is 7.65 Å². The molecule has 28 heavy (non-hydrogen) atoms. The Balaban J connectivity index is 0. The highest BCUT2D eigenvalue weighted by atomic mass is 16.2. The normalized spacial score (nSPS) is 18.0. The number of fused-ring (bicyclic) bond motifs is 1. The fourth-order valence-electron chi connectivity index (χ4n) is 2.84. The van der Waals surface area contributed by atoms with Gasteiger partial charge in [-0.3, -0.25) is 0 Å². The fourth-order valence-corrected chi connectivity index (χ4v) is 2.84. The zero-order valence-corrected chi connectivity index (χ0v) is 18.1. The summed E-state index contributed by atoms with van der Waals surface area (Å²) < 4.78 is 0. The third kappa shape index (κ3) is 6.90. The number of rotatable bonds is 3. The number of carbonyl (C=O) groups is 1. The lowest BCUT2D eigenvalue weighted by atomic mass is 9.95. The Morgan fingerprint density at radius 2 is 1.96 bits per heavy atom. The number of carbonyl (C=O) groups excluding carboxylic acids is 1. The van der Waals surface area contributed by atoms with Gasteiger partial charge in [0.25, 0.3) is 0 Å². The average Bonchev–Trinajstić information content (AvgIpc) is 3.58. The maximum Gasteiger partial charge on any atom is 0.322 e. The molecule has 0 bridgehead atoms. The number of hydrogen-bond donors (Lipinski definition) is 2. The van der Waals surface area contributed by atoms with Crippen LogP contribution in [-0.2, 0) is 0 Å². The Labute approximate surface area is 173 Å². The van der Waals surface area contributed by atoms with E-state index in [9.17, 15) is 4.79 Å². The minimum atomic E-state index is -0.0849. The van der Waals surface area contributed by atoms with Crippen LogP contribution >= 0.6 is 0 Å². The molecular weight excluding hydrogens is 346 g/mol. The van der Waals surface area contributed by atoms with Gasteiger partial charge in [0.15, 0.2) is 0 Å². The summed E-state index contributed by atoms with van der Waals surface area (Å²) in [4.78, 5) is 12.8. The van der Waals surface area contributed by atoms with E-state index in [1.807, 2.05) is 40.8 Å². The van der Waals surface area contributed by atoms with Crippen molar-refractivity contribution in [3.63, 3.8) is 0 Å². The third-order valence-corrected chi connectivity index (χ3v) is 4.19. The SMILES string of the molecule is CC.CC.CN1CC2=CC=C=C=C2NC1=O.CNCC1=C(C2=C[CH]2)CCC=C1.[HH].[HH]. The van der Waals surface area contributed by atoms with Crippen molar-refractivity contribution in [3.8, 4) is 0 Å². The van der Waals surface area contributed by atoms with Crippen LogP contribution in [0.3, 0.4) is 0 Å². The Hall–Kier alpha value is -2.51. The molecule has 1 saturated heterocycles. The van der Waals surface area contributed by atoms with E-state index in [-0.39, 0.29) is 8.88 Å². The summed E-state index contributed by atoms with van der Waals surface area (Å²) in [5.74, 6) is 0. The van der Waals surface area contributed by atoms with Crippen LogP contribution in [0.4, 0.5) is 4.79 Å². The maximum atomic E-state index is 11.1. The molecule has 2 amide bonds. The van der Waals surface area contributed by atoms with Crippen molar-refractivity contribution in [2.45, 2.75) is 40.5 Å². The van der Waals surface area contributed by atoms with Crippen molar-refractivity contribution in [3.05, 3.63) is 76.3 Å². The quantitative estimate of drug-likeness (QED) is 0.647. The molecule has 4 aliphatic rings. The second-order valence-electron chi connectivity index (χ2n) is 6.05. The molecule has 0 saturated carbocycles. The molecule has 0 atom stereocenters. The molecule has 0 unspecified atom stereocenters. The smallest absolute Gasteiger partial charge is 0.322 e. The summed E-state index contributed by atoms with van der Waals surface area (Å²) in [6.45, 7) is 9.64. The Bertz CT molecular complexity index is 778. The van der Waals surface area contributed by atoms with E-state index in [0.717, 1.165) is 17.8 Å². The van der Waals surface area contributed by atoms with Gasteiger partial charge in [0.1, 0.15) is 0 Å². The van der Waals surface area contributed by atoms with E-state index in [4.69, 9.17) is 0 Å². The molecule has 1 aliphatic heterocycles. The van der Waals surface area contributed by atoms with Crippen molar-refractivity contribution in [1.29, 1.82) is 0 Å². The minimum absolute atomic E-state index is 0. The molecule has 4 heteroatoms. The number of urea groups is 1. The van der Waals surface area contributed by atoms with Crippen LogP contribution in [0.25, 0.3) is 0 Å². The lowest BCUT2D eigenvalue weighted by molar-refractivity contribution is 0.211. The number of nitrogens with one attached hydrogen (secondary N) is 2. The Morgan fingerprint density at radius 1 is 1.25 bits per heavy atom. The minimum Gasteiger partial charge on any atom is -0.323 e. The van der Waals surface area contributed by atoms with Gasteiger partial charge in [-0.25, -0.2) is 4.79 Å². The van der Waals surface area contributed by atoms with Crippen LogP contribution in [0.2, 0.25) is 0 Å². The second-order valence-corrected chi connectivity index (χ2v) is 6.05. The van der Waals surface area contributed by atoms with Crippen LogP contribution in [0.1, 0.15) is 43.4 Å². The van der Waals surface area contributed by atoms with Gasteiger partial charge in [0, 0.05) is 35.0 Å². The summed E-state index contributed by atoms with van der Waals surface area (Å²) in [7, 11) is 3.76. The van der Waals surface area contributed by atoms with Gasteiger partial charge in [-0.05, 0) is 54.5 Å². The average molecular weight is 385 g/mol. The Morgan fingerprint density at radius 3 is 2.61 bits per heavy atom. The molecule has 2 N–H and O–H groups in total. The summed E-state index contributed by atoms with van der Waals surface area (Å²) >= 11 is 0. The fraction of sp³-hybridized carbons (Fsp3) is 0.417. The van der Waals surface area contributed by atoms with E-state index < -0.39 is 0 Å². The van der Waals surface area contributed by atoms with E-state index in [1.54, 1.807) is 23.6 Å². The molecule has 4 rings (SSSR count). The monoisotopic (exact) mass is 384 g/mol. The third-order valence-electron chi connectivity index (χ3n) is 4.19. The molecule has 0 aromatic rings. The zero-order valence-electron chi connectivity index (χ0n) is 18.1. The Kier molecular flexibility index (Phi) is 10.8. The van der Waals surface area contributed by atoms with Gasteiger partial charge in [-0.15, -0.1) is 0 Å². The predicted octanol–water partition coefficient (Wildman–Crippen LogP) is 5.32. The molecule has 1 radical (unpaired) electrons. The number of allylic oxidation sites excluding steroid dienone is 6. The second kappa shape index (κ2) is 12.8. The number of nitrogens with zero attached hydrogens (tertiary/aromatic N) is 1. The van der Waals surface area contributed by atoms with Gasteiger partial charge < -0.3 is 15.5 Å². The molecular formula is C24H38N3O. The summed E-state index contributed by atoms with van der Waals surface area (Å²) in [5, 5.41) is 5.91. The van der Waals surface area contributed by atoms with E-state index in [1.165, 1.54) is 24.0 Å². The first-order chi connectivity index (χ1) is 13.7. The van der Waals surface area contributed by atoms with Gasteiger partial charge >= 0.3 is 6.03 Å². The standard InChI is InChI=1S/C11H14N.C9H8N2O.2C2H6.2H2/c1-12-8-10-4-2-3-5-11(10)9-6-7-9;1-11-6-7-4-2-3-5-8(7)10-9(11)12;2*1-2;;/h2,4,6-7,12H,3,5,8H2,1H3;2,4H,6H2,1H3,(H,10,12);2*1-2H3;2*1H. The van der Waals surface area contributed by atoms with E-state index in [0.29, 0.717) is 6.54 Å². The molecule has 155 valence electrons. The molecule has 0 aromatic carbocycles. The van der Waals surface area contributed by atoms with Crippen LogP contribution in [-0.4, -0.2) is 38.1 Å². The highest BCUT2D eigenvalue weighted by molar-refractivity contribution is 5.79.